The van der Waals surface area contributed by atoms with E-state index < -0.39 is 0 Å². The largest absolute Gasteiger partial charge is 0.481 e. The summed E-state index contributed by atoms with van der Waals surface area (Å²) in [4.78, 5) is 18.2. The molecule has 0 spiro atoms. The van der Waals surface area contributed by atoms with Crippen molar-refractivity contribution >= 4 is 17.5 Å². The van der Waals surface area contributed by atoms with Gasteiger partial charge in [0.25, 0.3) is 0 Å². The summed E-state index contributed by atoms with van der Waals surface area (Å²) >= 11 is 1.50. The van der Waals surface area contributed by atoms with E-state index in [2.05, 4.69) is 4.98 Å². The fraction of sp³-hybridized carbons (Fsp3) is 0.500. The molecule has 1 aromatic heterocycles. The summed E-state index contributed by atoms with van der Waals surface area (Å²) in [5, 5.41) is 0.803. The van der Waals surface area contributed by atoms with Crippen molar-refractivity contribution in [2.24, 2.45) is 0 Å². The van der Waals surface area contributed by atoms with Gasteiger partial charge in [-0.3, -0.25) is 4.79 Å². The summed E-state index contributed by atoms with van der Waals surface area (Å²) in [5.74, 6) is 0.611. The number of Topliss-reactive ketones (excluding diaryl/α,β-unsaturated/α-hetero) is 1. The molecular weight excluding hydrogens is 236 g/mol. The number of carbonyl (C=O) groups excluding carboxylic acids is 1. The zero-order valence-corrected chi connectivity index (χ0v) is 11.5. The van der Waals surface area contributed by atoms with Crippen LogP contribution in [0.25, 0.3) is 0 Å². The van der Waals surface area contributed by atoms with Crippen molar-refractivity contribution in [3.05, 3.63) is 17.7 Å². The molecule has 0 fully saturated rings. The Balaban J connectivity index is 2.84. The molecule has 1 rings (SSSR count). The van der Waals surface area contributed by atoms with Crippen LogP contribution in [-0.4, -0.2) is 49.7 Å². The second-order valence-corrected chi connectivity index (χ2v) is 4.74. The van der Waals surface area contributed by atoms with Gasteiger partial charge in [-0.05, 0) is 26.4 Å². The van der Waals surface area contributed by atoms with Gasteiger partial charge in [0.15, 0.2) is 5.78 Å². The Morgan fingerprint density at radius 2 is 2.18 bits per heavy atom. The molecule has 0 unspecified atom stereocenters. The van der Waals surface area contributed by atoms with E-state index >= 15 is 0 Å². The minimum absolute atomic E-state index is 0.120. The van der Waals surface area contributed by atoms with Crippen LogP contribution in [-0.2, 0) is 0 Å². The summed E-state index contributed by atoms with van der Waals surface area (Å²) in [5.41, 5.74) is 0.669. The van der Waals surface area contributed by atoms with E-state index in [1.807, 2.05) is 31.3 Å². The first-order chi connectivity index (χ1) is 8.06. The van der Waals surface area contributed by atoms with Crippen LogP contribution < -0.4 is 4.74 Å². The number of carbonyl (C=O) groups is 1. The summed E-state index contributed by atoms with van der Waals surface area (Å²) < 4.78 is 5.09. The molecular formula is C12H18N2O2S. The fourth-order valence-electron chi connectivity index (χ4n) is 1.32. The van der Waals surface area contributed by atoms with Crippen LogP contribution >= 0.6 is 11.8 Å². The van der Waals surface area contributed by atoms with Gasteiger partial charge in [-0.1, -0.05) is 0 Å². The average molecular weight is 254 g/mol. The number of pyridine rings is 1. The number of ketones is 1. The second-order valence-electron chi connectivity index (χ2n) is 3.92. The van der Waals surface area contributed by atoms with Crippen LogP contribution in [0.4, 0.5) is 0 Å². The minimum atomic E-state index is 0.120. The van der Waals surface area contributed by atoms with Gasteiger partial charge in [-0.2, -0.15) is 0 Å². The zero-order chi connectivity index (χ0) is 12.8. The minimum Gasteiger partial charge on any atom is -0.481 e. The Morgan fingerprint density at radius 1 is 1.47 bits per heavy atom. The molecule has 0 aromatic carbocycles. The van der Waals surface area contributed by atoms with Crippen molar-refractivity contribution in [2.75, 3.05) is 34.0 Å². The van der Waals surface area contributed by atoms with Crippen LogP contribution in [0.1, 0.15) is 16.8 Å². The summed E-state index contributed by atoms with van der Waals surface area (Å²) in [6.45, 7) is 0.748. The highest BCUT2D eigenvalue weighted by Gasteiger charge is 2.10. The monoisotopic (exact) mass is 254 g/mol. The van der Waals surface area contributed by atoms with Gasteiger partial charge in [0.05, 0.1) is 7.11 Å². The van der Waals surface area contributed by atoms with Crippen molar-refractivity contribution in [1.82, 2.24) is 9.88 Å². The topological polar surface area (TPSA) is 42.4 Å². The van der Waals surface area contributed by atoms with Gasteiger partial charge in [-0.15, -0.1) is 11.8 Å². The Labute approximate surface area is 106 Å². The summed E-state index contributed by atoms with van der Waals surface area (Å²) in [6.07, 6.45) is 2.43. The second kappa shape index (κ2) is 6.61. The number of nitrogens with zero attached hydrogens (tertiary/aromatic N) is 2. The van der Waals surface area contributed by atoms with E-state index in [1.54, 1.807) is 13.2 Å². The third-order valence-electron chi connectivity index (χ3n) is 2.30. The number of hydrogen-bond acceptors (Lipinski definition) is 5. The molecule has 0 aliphatic carbocycles. The number of methoxy groups -OCH3 is 1. The number of aromatic nitrogens is 1. The normalized spacial score (nSPS) is 10.6. The van der Waals surface area contributed by atoms with Gasteiger partial charge in [-0.25, -0.2) is 4.98 Å². The summed E-state index contributed by atoms with van der Waals surface area (Å²) in [6, 6.07) is 3.50. The molecule has 0 saturated heterocycles. The van der Waals surface area contributed by atoms with Gasteiger partial charge in [0.1, 0.15) is 5.03 Å². The molecule has 0 N–H and O–H groups in total. The predicted octanol–water partition coefficient (Wildman–Crippen LogP) is 1.95. The van der Waals surface area contributed by atoms with Crippen molar-refractivity contribution in [1.29, 1.82) is 0 Å². The molecule has 0 atom stereocenters. The molecule has 4 nitrogen and oxygen atoms in total. The quantitative estimate of drug-likeness (QED) is 0.573. The third-order valence-corrected chi connectivity index (χ3v) is 2.93. The van der Waals surface area contributed by atoms with Crippen molar-refractivity contribution in [3.8, 4) is 5.88 Å². The lowest BCUT2D eigenvalue weighted by atomic mass is 10.1. The first-order valence-electron chi connectivity index (χ1n) is 5.34. The lowest BCUT2D eigenvalue weighted by Crippen LogP contribution is -2.16. The Hall–Kier alpha value is -1.07. The van der Waals surface area contributed by atoms with Crippen LogP contribution in [0.15, 0.2) is 17.2 Å². The highest BCUT2D eigenvalue weighted by Crippen LogP contribution is 2.20. The highest BCUT2D eigenvalue weighted by molar-refractivity contribution is 7.98. The van der Waals surface area contributed by atoms with Crippen LogP contribution in [0.3, 0.4) is 0 Å². The van der Waals surface area contributed by atoms with E-state index in [1.165, 1.54) is 11.8 Å². The average Bonchev–Trinajstić information content (AvgIpc) is 2.34. The molecule has 1 heterocycles. The number of thioether (sulfide) groups is 1. The Morgan fingerprint density at radius 3 is 2.71 bits per heavy atom. The maximum Gasteiger partial charge on any atom is 0.214 e. The van der Waals surface area contributed by atoms with E-state index in [9.17, 15) is 4.79 Å². The number of rotatable bonds is 6. The van der Waals surface area contributed by atoms with Gasteiger partial charge in [0.2, 0.25) is 5.88 Å². The van der Waals surface area contributed by atoms with Crippen molar-refractivity contribution in [3.63, 3.8) is 0 Å². The lowest BCUT2D eigenvalue weighted by molar-refractivity contribution is 0.0971. The van der Waals surface area contributed by atoms with Crippen LogP contribution in [0.2, 0.25) is 0 Å². The Kier molecular flexibility index (Phi) is 5.44. The SMILES string of the molecule is COc1cc(C(=O)CCN(C)C)cc(SC)n1. The maximum absolute atomic E-state index is 12.0. The first-order valence-corrected chi connectivity index (χ1v) is 6.57. The molecule has 94 valence electrons. The number of hydrogen-bond donors (Lipinski definition) is 0. The maximum atomic E-state index is 12.0. The van der Waals surface area contributed by atoms with Crippen LogP contribution in [0, 0.1) is 0 Å². The smallest absolute Gasteiger partial charge is 0.214 e. The van der Waals surface area contributed by atoms with Gasteiger partial charge < -0.3 is 9.64 Å². The molecule has 5 heteroatoms. The molecule has 0 radical (unpaired) electrons. The summed E-state index contributed by atoms with van der Waals surface area (Å²) in [7, 11) is 5.46. The Bertz CT molecular complexity index is 372. The van der Waals surface area contributed by atoms with E-state index in [4.69, 9.17) is 4.74 Å². The van der Waals surface area contributed by atoms with E-state index in [-0.39, 0.29) is 5.78 Å². The lowest BCUT2D eigenvalue weighted by Gasteiger charge is -2.09. The molecule has 0 aliphatic rings. The first kappa shape index (κ1) is 14.0. The zero-order valence-electron chi connectivity index (χ0n) is 10.7. The molecule has 1 aromatic rings. The van der Waals surface area contributed by atoms with Crippen LogP contribution in [0.5, 0.6) is 5.88 Å². The molecule has 0 bridgehead atoms. The van der Waals surface area contributed by atoms with Gasteiger partial charge >= 0.3 is 0 Å². The predicted molar refractivity (Wildman–Crippen MR) is 70.1 cm³/mol. The van der Waals surface area contributed by atoms with E-state index in [0.717, 1.165) is 11.6 Å². The molecule has 0 saturated carbocycles. The highest BCUT2D eigenvalue weighted by atomic mass is 32.2. The number of ether oxygens (including phenoxy) is 1. The standard InChI is InChI=1S/C12H18N2O2S/c1-14(2)6-5-10(15)9-7-11(16-3)13-12(8-9)17-4/h7-8H,5-6H2,1-4H3. The third kappa shape index (κ3) is 4.36. The van der Waals surface area contributed by atoms with Gasteiger partial charge in [0, 0.05) is 24.6 Å². The van der Waals surface area contributed by atoms with E-state index in [0.29, 0.717) is 17.9 Å². The van der Waals surface area contributed by atoms with Crippen molar-refractivity contribution < 1.29 is 9.53 Å². The fourth-order valence-corrected chi connectivity index (χ4v) is 1.75. The van der Waals surface area contributed by atoms with Crippen molar-refractivity contribution in [2.45, 2.75) is 11.4 Å². The molecule has 0 amide bonds. The molecule has 0 aliphatic heterocycles. The molecule has 17 heavy (non-hydrogen) atoms.